The van der Waals surface area contributed by atoms with E-state index in [1.54, 1.807) is 39.5 Å². The van der Waals surface area contributed by atoms with Crippen LogP contribution in [0.15, 0.2) is 65.1 Å². The molecule has 6 nitrogen and oxygen atoms in total. The van der Waals surface area contributed by atoms with Crippen LogP contribution in [0, 0.1) is 11.3 Å². The molecule has 0 unspecified atom stereocenters. The molecule has 3 aromatic carbocycles. The fourth-order valence-corrected chi connectivity index (χ4v) is 3.71. The highest BCUT2D eigenvalue weighted by molar-refractivity contribution is 9.10. The van der Waals surface area contributed by atoms with Crippen LogP contribution in [0.4, 0.5) is 0 Å². The van der Waals surface area contributed by atoms with Crippen molar-refractivity contribution < 1.29 is 23.7 Å². The van der Waals surface area contributed by atoms with Crippen LogP contribution in [0.25, 0.3) is 11.6 Å². The molecule has 33 heavy (non-hydrogen) atoms. The maximum Gasteiger partial charge on any atom is 0.175 e. The van der Waals surface area contributed by atoms with Crippen molar-refractivity contribution in [2.75, 3.05) is 34.5 Å². The number of benzene rings is 3. The van der Waals surface area contributed by atoms with Crippen LogP contribution in [0.1, 0.15) is 11.1 Å². The lowest BCUT2D eigenvalue weighted by molar-refractivity contribution is 0.210. The molecule has 7 heteroatoms. The van der Waals surface area contributed by atoms with Crippen LogP contribution < -0.4 is 23.7 Å². The number of nitrogens with zero attached hydrogens (tertiary/aromatic N) is 1. The van der Waals surface area contributed by atoms with E-state index in [4.69, 9.17) is 23.7 Å². The van der Waals surface area contributed by atoms with E-state index in [9.17, 15) is 5.26 Å². The number of hydrogen-bond acceptors (Lipinski definition) is 6. The Kier molecular flexibility index (Phi) is 8.62. The maximum atomic E-state index is 9.75. The molecule has 0 saturated heterocycles. The highest BCUT2D eigenvalue weighted by Gasteiger charge is 2.13. The van der Waals surface area contributed by atoms with Gasteiger partial charge in [-0.25, -0.2) is 0 Å². The highest BCUT2D eigenvalue weighted by atomic mass is 79.9. The van der Waals surface area contributed by atoms with E-state index >= 15 is 0 Å². The first-order valence-corrected chi connectivity index (χ1v) is 10.9. The number of rotatable bonds is 10. The molecule has 0 N–H and O–H groups in total. The topological polar surface area (TPSA) is 69.9 Å². The zero-order chi connectivity index (χ0) is 23.6. The molecule has 0 aliphatic rings. The van der Waals surface area contributed by atoms with Gasteiger partial charge in [0.05, 0.1) is 37.4 Å². The van der Waals surface area contributed by atoms with Gasteiger partial charge < -0.3 is 23.7 Å². The van der Waals surface area contributed by atoms with E-state index in [1.807, 2.05) is 48.5 Å². The molecule has 0 bridgehead atoms. The van der Waals surface area contributed by atoms with Crippen LogP contribution in [0.3, 0.4) is 0 Å². The summed E-state index contributed by atoms with van der Waals surface area (Å²) in [5.74, 6) is 3.04. The molecule has 170 valence electrons. The van der Waals surface area contributed by atoms with Gasteiger partial charge in [0.25, 0.3) is 0 Å². The zero-order valence-electron chi connectivity index (χ0n) is 18.6. The maximum absolute atomic E-state index is 9.75. The number of nitriles is 1. The Morgan fingerprint density at radius 3 is 2.21 bits per heavy atom. The summed E-state index contributed by atoms with van der Waals surface area (Å²) in [4.78, 5) is 0. The van der Waals surface area contributed by atoms with E-state index in [0.717, 1.165) is 11.3 Å². The predicted octanol–water partition coefficient (Wildman–Crippen LogP) is 6.00. The smallest absolute Gasteiger partial charge is 0.175 e. The molecule has 0 aliphatic heterocycles. The highest BCUT2D eigenvalue weighted by Crippen LogP contribution is 2.38. The van der Waals surface area contributed by atoms with E-state index in [2.05, 4.69) is 22.0 Å². The SMILES string of the molecule is COc1ccc(/C(C#N)=C\c2cc(Br)c(OCCOc3ccccc3)c(OC)c2)cc1OC. The molecule has 0 saturated carbocycles. The van der Waals surface area contributed by atoms with Crippen LogP contribution in [0.2, 0.25) is 0 Å². The van der Waals surface area contributed by atoms with Crippen molar-refractivity contribution in [3.05, 3.63) is 76.3 Å². The first-order chi connectivity index (χ1) is 16.1. The average molecular weight is 510 g/mol. The molecular weight excluding hydrogens is 486 g/mol. The summed E-state index contributed by atoms with van der Waals surface area (Å²) >= 11 is 3.55. The number of methoxy groups -OCH3 is 3. The molecule has 0 spiro atoms. The van der Waals surface area contributed by atoms with Crippen molar-refractivity contribution in [3.8, 4) is 34.8 Å². The molecule has 0 aromatic heterocycles. The van der Waals surface area contributed by atoms with Crippen molar-refractivity contribution in [1.29, 1.82) is 5.26 Å². The van der Waals surface area contributed by atoms with E-state index < -0.39 is 0 Å². The van der Waals surface area contributed by atoms with Crippen molar-refractivity contribution in [2.45, 2.75) is 0 Å². The fraction of sp³-hybridized carbons (Fsp3) is 0.192. The second-order valence-electron chi connectivity index (χ2n) is 6.78. The number of ether oxygens (including phenoxy) is 5. The summed E-state index contributed by atoms with van der Waals surface area (Å²) in [6.07, 6.45) is 1.77. The molecule has 3 aromatic rings. The Morgan fingerprint density at radius 1 is 0.848 bits per heavy atom. The largest absolute Gasteiger partial charge is 0.493 e. The standard InChI is InChI=1S/C26H24BrNO5/c1-29-23-10-9-19(16-24(23)30-2)20(17-28)13-18-14-22(27)26(25(15-18)31-3)33-12-11-32-21-7-5-4-6-8-21/h4-10,13-16H,11-12H2,1-3H3/b20-13-. The summed E-state index contributed by atoms with van der Waals surface area (Å²) in [5.41, 5.74) is 1.96. The lowest BCUT2D eigenvalue weighted by Crippen LogP contribution is -2.10. The number of halogens is 1. The predicted molar refractivity (Wildman–Crippen MR) is 131 cm³/mol. The Bertz CT molecular complexity index is 1160. The molecular formula is C26H24BrNO5. The Hall–Kier alpha value is -3.63. The van der Waals surface area contributed by atoms with E-state index in [0.29, 0.717) is 51.8 Å². The monoisotopic (exact) mass is 509 g/mol. The molecule has 0 amide bonds. The Balaban J connectivity index is 1.79. The average Bonchev–Trinajstić information content (AvgIpc) is 2.85. The number of para-hydroxylation sites is 1. The van der Waals surface area contributed by atoms with Gasteiger partial charge >= 0.3 is 0 Å². The zero-order valence-corrected chi connectivity index (χ0v) is 20.2. The molecule has 0 aliphatic carbocycles. The third-order valence-corrected chi connectivity index (χ3v) is 5.31. The summed E-state index contributed by atoms with van der Waals surface area (Å²) in [5, 5.41) is 9.75. The summed E-state index contributed by atoms with van der Waals surface area (Å²) < 4.78 is 28.4. The van der Waals surface area contributed by atoms with E-state index in [-0.39, 0.29) is 0 Å². The molecule has 0 fully saturated rings. The quantitative estimate of drug-likeness (QED) is 0.189. The van der Waals surface area contributed by atoms with Gasteiger partial charge in [0.15, 0.2) is 23.0 Å². The van der Waals surface area contributed by atoms with Crippen LogP contribution >= 0.6 is 15.9 Å². The van der Waals surface area contributed by atoms with Gasteiger partial charge in [-0.3, -0.25) is 0 Å². The van der Waals surface area contributed by atoms with Crippen molar-refractivity contribution >= 4 is 27.6 Å². The molecule has 0 radical (unpaired) electrons. The normalized spacial score (nSPS) is 10.8. The van der Waals surface area contributed by atoms with Crippen LogP contribution in [-0.4, -0.2) is 34.5 Å². The van der Waals surface area contributed by atoms with Crippen molar-refractivity contribution in [3.63, 3.8) is 0 Å². The van der Waals surface area contributed by atoms with Gasteiger partial charge in [0.1, 0.15) is 19.0 Å². The second-order valence-corrected chi connectivity index (χ2v) is 7.64. The lowest BCUT2D eigenvalue weighted by Gasteiger charge is -2.14. The number of allylic oxidation sites excluding steroid dienone is 1. The molecule has 0 heterocycles. The number of hydrogen-bond donors (Lipinski definition) is 0. The van der Waals surface area contributed by atoms with Crippen LogP contribution in [0.5, 0.6) is 28.7 Å². The van der Waals surface area contributed by atoms with Gasteiger partial charge in [-0.15, -0.1) is 0 Å². The lowest BCUT2D eigenvalue weighted by atomic mass is 10.0. The van der Waals surface area contributed by atoms with Gasteiger partial charge in [0.2, 0.25) is 0 Å². The summed E-state index contributed by atoms with van der Waals surface area (Å²) in [7, 11) is 4.70. The van der Waals surface area contributed by atoms with E-state index in [1.165, 1.54) is 0 Å². The van der Waals surface area contributed by atoms with Gasteiger partial charge in [-0.05, 0) is 75.6 Å². The summed E-state index contributed by atoms with van der Waals surface area (Å²) in [6, 6.07) is 20.8. The third kappa shape index (κ3) is 6.21. The molecule has 0 atom stereocenters. The minimum absolute atomic E-state index is 0.341. The minimum atomic E-state index is 0.341. The third-order valence-electron chi connectivity index (χ3n) is 4.72. The van der Waals surface area contributed by atoms with Gasteiger partial charge in [-0.1, -0.05) is 18.2 Å². The molecule has 3 rings (SSSR count). The van der Waals surface area contributed by atoms with Crippen molar-refractivity contribution in [1.82, 2.24) is 0 Å². The fourth-order valence-electron chi connectivity index (χ4n) is 3.13. The summed E-state index contributed by atoms with van der Waals surface area (Å²) in [6.45, 7) is 0.729. The Labute approximate surface area is 202 Å². The van der Waals surface area contributed by atoms with Crippen LogP contribution in [-0.2, 0) is 0 Å². The van der Waals surface area contributed by atoms with Gasteiger partial charge in [0, 0.05) is 0 Å². The second kappa shape index (κ2) is 11.8. The first kappa shape index (κ1) is 24.0. The minimum Gasteiger partial charge on any atom is -0.493 e. The Morgan fingerprint density at radius 2 is 1.55 bits per heavy atom. The van der Waals surface area contributed by atoms with Gasteiger partial charge in [-0.2, -0.15) is 5.26 Å². The first-order valence-electron chi connectivity index (χ1n) is 10.1. The van der Waals surface area contributed by atoms with Crippen molar-refractivity contribution in [2.24, 2.45) is 0 Å².